The molecule has 2 unspecified atom stereocenters. The Morgan fingerprint density at radius 3 is 2.60 bits per heavy atom. The maximum absolute atomic E-state index is 12.8. The second-order valence-electron chi connectivity index (χ2n) is 5.54. The van der Waals surface area contributed by atoms with Crippen molar-refractivity contribution in [1.29, 1.82) is 0 Å². The molecular formula is C14H21BrN2O2S. The second kappa shape index (κ2) is 6.03. The molecule has 0 heterocycles. The molecule has 20 heavy (non-hydrogen) atoms. The lowest BCUT2D eigenvalue weighted by molar-refractivity contribution is 0.213. The Hall–Kier alpha value is -0.590. The lowest BCUT2D eigenvalue weighted by atomic mass is 9.86. The summed E-state index contributed by atoms with van der Waals surface area (Å²) in [6.07, 6.45) is 4.29. The number of anilines is 1. The Morgan fingerprint density at radius 2 is 1.95 bits per heavy atom. The number of nitrogens with two attached hydrogens (primary N) is 1. The van der Waals surface area contributed by atoms with Crippen LogP contribution in [0, 0.1) is 5.92 Å². The van der Waals surface area contributed by atoms with Crippen LogP contribution in [0.5, 0.6) is 0 Å². The molecule has 2 rings (SSSR count). The van der Waals surface area contributed by atoms with Crippen molar-refractivity contribution in [3.8, 4) is 0 Å². The number of rotatable bonds is 3. The van der Waals surface area contributed by atoms with Crippen LogP contribution in [0.1, 0.15) is 32.6 Å². The Kier molecular flexibility index (Phi) is 4.76. The summed E-state index contributed by atoms with van der Waals surface area (Å²) in [5, 5.41) is 0. The van der Waals surface area contributed by atoms with Gasteiger partial charge in [-0.2, -0.15) is 4.31 Å². The highest BCUT2D eigenvalue weighted by Gasteiger charge is 2.33. The second-order valence-corrected chi connectivity index (χ2v) is 8.36. The molecule has 1 saturated carbocycles. The van der Waals surface area contributed by atoms with Crippen LogP contribution in [-0.4, -0.2) is 25.8 Å². The van der Waals surface area contributed by atoms with Gasteiger partial charge < -0.3 is 5.73 Å². The highest BCUT2D eigenvalue weighted by atomic mass is 79.9. The smallest absolute Gasteiger partial charge is 0.244 e. The summed E-state index contributed by atoms with van der Waals surface area (Å²) in [5.74, 6) is 0.392. The van der Waals surface area contributed by atoms with E-state index in [1.54, 1.807) is 19.2 Å². The quantitative estimate of drug-likeness (QED) is 0.841. The predicted molar refractivity (Wildman–Crippen MR) is 84.9 cm³/mol. The van der Waals surface area contributed by atoms with E-state index in [9.17, 15) is 8.42 Å². The molecule has 112 valence electrons. The van der Waals surface area contributed by atoms with Gasteiger partial charge in [-0.3, -0.25) is 0 Å². The molecule has 1 aromatic carbocycles. The van der Waals surface area contributed by atoms with E-state index in [-0.39, 0.29) is 10.9 Å². The van der Waals surface area contributed by atoms with Crippen molar-refractivity contribution in [2.75, 3.05) is 12.8 Å². The first-order valence-electron chi connectivity index (χ1n) is 6.87. The normalized spacial score (nSPS) is 24.0. The molecule has 6 heteroatoms. The van der Waals surface area contributed by atoms with Crippen LogP contribution in [0.2, 0.25) is 0 Å². The monoisotopic (exact) mass is 360 g/mol. The summed E-state index contributed by atoms with van der Waals surface area (Å²) in [6.45, 7) is 2.13. The summed E-state index contributed by atoms with van der Waals surface area (Å²) in [6, 6.07) is 4.96. The third-order valence-corrected chi connectivity index (χ3v) is 7.02. The van der Waals surface area contributed by atoms with E-state index in [4.69, 9.17) is 5.73 Å². The van der Waals surface area contributed by atoms with Crippen LogP contribution >= 0.6 is 15.9 Å². The van der Waals surface area contributed by atoms with E-state index < -0.39 is 10.0 Å². The molecule has 2 N–H and O–H groups in total. The zero-order valence-electron chi connectivity index (χ0n) is 11.8. The summed E-state index contributed by atoms with van der Waals surface area (Å²) >= 11 is 3.31. The van der Waals surface area contributed by atoms with Gasteiger partial charge >= 0.3 is 0 Å². The van der Waals surface area contributed by atoms with Crippen molar-refractivity contribution >= 4 is 31.6 Å². The van der Waals surface area contributed by atoms with Gasteiger partial charge in [-0.1, -0.05) is 19.8 Å². The minimum Gasteiger partial charge on any atom is -0.399 e. The van der Waals surface area contributed by atoms with E-state index in [1.807, 2.05) is 0 Å². The van der Waals surface area contributed by atoms with Crippen LogP contribution in [-0.2, 0) is 10.0 Å². The molecule has 2 atom stereocenters. The molecule has 0 saturated heterocycles. The van der Waals surface area contributed by atoms with Gasteiger partial charge in [0.15, 0.2) is 0 Å². The summed E-state index contributed by atoms with van der Waals surface area (Å²) in [5.41, 5.74) is 6.18. The van der Waals surface area contributed by atoms with E-state index in [1.165, 1.54) is 16.8 Å². The van der Waals surface area contributed by atoms with Crippen molar-refractivity contribution < 1.29 is 8.42 Å². The fraction of sp³-hybridized carbons (Fsp3) is 0.571. The molecule has 0 spiro atoms. The molecule has 0 aromatic heterocycles. The van der Waals surface area contributed by atoms with Gasteiger partial charge in [-0.25, -0.2) is 8.42 Å². The van der Waals surface area contributed by atoms with Crippen LogP contribution in [0.4, 0.5) is 5.69 Å². The number of sulfonamides is 1. The molecule has 0 bridgehead atoms. The molecule has 4 nitrogen and oxygen atoms in total. The largest absolute Gasteiger partial charge is 0.399 e. The molecule has 1 aliphatic rings. The van der Waals surface area contributed by atoms with Crippen molar-refractivity contribution in [2.45, 2.75) is 43.5 Å². The molecule has 1 fully saturated rings. The van der Waals surface area contributed by atoms with Crippen LogP contribution in [0.15, 0.2) is 27.6 Å². The zero-order chi connectivity index (χ0) is 14.9. The number of hydrogen-bond acceptors (Lipinski definition) is 3. The van der Waals surface area contributed by atoms with Gasteiger partial charge in [0.1, 0.15) is 0 Å². The van der Waals surface area contributed by atoms with Gasteiger partial charge in [0.25, 0.3) is 0 Å². The Morgan fingerprint density at radius 1 is 1.30 bits per heavy atom. The van der Waals surface area contributed by atoms with Gasteiger partial charge in [0.05, 0.1) is 4.90 Å². The molecular weight excluding hydrogens is 340 g/mol. The van der Waals surface area contributed by atoms with Crippen molar-refractivity contribution in [3.05, 3.63) is 22.7 Å². The molecule has 0 amide bonds. The summed E-state index contributed by atoms with van der Waals surface area (Å²) in [7, 11) is -1.84. The van der Waals surface area contributed by atoms with Gasteiger partial charge in [0.2, 0.25) is 10.0 Å². The molecule has 1 aliphatic carbocycles. The Balaban J connectivity index is 2.36. The molecule has 0 radical (unpaired) electrons. The number of hydrogen-bond donors (Lipinski definition) is 1. The number of benzene rings is 1. The first-order chi connectivity index (χ1) is 9.34. The summed E-state index contributed by atoms with van der Waals surface area (Å²) < 4.78 is 27.7. The minimum atomic E-state index is -3.52. The van der Waals surface area contributed by atoms with E-state index >= 15 is 0 Å². The number of nitrogen functional groups attached to an aromatic ring is 1. The number of nitrogens with zero attached hydrogens (tertiary/aromatic N) is 1. The predicted octanol–water partition coefficient (Wildman–Crippen LogP) is 3.23. The maximum Gasteiger partial charge on any atom is 0.244 e. The van der Waals surface area contributed by atoms with Gasteiger partial charge in [0, 0.05) is 23.2 Å². The van der Waals surface area contributed by atoms with Gasteiger partial charge in [-0.15, -0.1) is 0 Å². The average Bonchev–Trinajstić information content (AvgIpc) is 2.41. The summed E-state index contributed by atoms with van der Waals surface area (Å²) in [4.78, 5) is 0.248. The average molecular weight is 361 g/mol. The van der Waals surface area contributed by atoms with Gasteiger partial charge in [-0.05, 0) is 52.9 Å². The Labute approximate surface area is 129 Å². The third-order valence-electron chi connectivity index (χ3n) is 4.15. The van der Waals surface area contributed by atoms with Crippen molar-refractivity contribution in [2.24, 2.45) is 5.92 Å². The van der Waals surface area contributed by atoms with E-state index in [0.717, 1.165) is 19.3 Å². The third kappa shape index (κ3) is 3.02. The van der Waals surface area contributed by atoms with Crippen LogP contribution in [0.3, 0.4) is 0 Å². The Bertz CT molecular complexity index is 589. The molecule has 0 aliphatic heterocycles. The highest BCUT2D eigenvalue weighted by Crippen LogP contribution is 2.33. The standard InChI is InChI=1S/C14H21BrN2O2S/c1-10-5-3-4-6-13(10)17(2)20(18,19)14-9-11(16)7-8-12(14)15/h7-10,13H,3-6,16H2,1-2H3. The van der Waals surface area contributed by atoms with Crippen molar-refractivity contribution in [1.82, 2.24) is 4.31 Å². The zero-order valence-corrected chi connectivity index (χ0v) is 14.2. The fourth-order valence-corrected chi connectivity index (χ4v) is 5.33. The topological polar surface area (TPSA) is 63.4 Å². The highest BCUT2D eigenvalue weighted by molar-refractivity contribution is 9.10. The van der Waals surface area contributed by atoms with E-state index in [2.05, 4.69) is 22.9 Å². The minimum absolute atomic E-state index is 0.0714. The maximum atomic E-state index is 12.8. The van der Waals surface area contributed by atoms with Crippen molar-refractivity contribution in [3.63, 3.8) is 0 Å². The molecule has 1 aromatic rings. The first-order valence-corrected chi connectivity index (χ1v) is 9.10. The number of halogens is 1. The SMILES string of the molecule is CC1CCCCC1N(C)S(=O)(=O)c1cc(N)ccc1Br. The lowest BCUT2D eigenvalue weighted by Gasteiger charge is -2.35. The fourth-order valence-electron chi connectivity index (χ4n) is 2.89. The van der Waals surface area contributed by atoms with E-state index in [0.29, 0.717) is 16.1 Å². The van der Waals surface area contributed by atoms with Crippen LogP contribution in [0.25, 0.3) is 0 Å². The van der Waals surface area contributed by atoms with Crippen LogP contribution < -0.4 is 5.73 Å². The first kappa shape index (κ1) is 15.8. The lowest BCUT2D eigenvalue weighted by Crippen LogP contribution is -2.42.